The maximum Gasteiger partial charge on any atom is 0.0639 e. The van der Waals surface area contributed by atoms with Gasteiger partial charge in [-0.3, -0.25) is 0 Å². The fourth-order valence-corrected chi connectivity index (χ4v) is 2.77. The second kappa shape index (κ2) is 4.27. The molecule has 0 aromatic heterocycles. The highest BCUT2D eigenvalue weighted by Crippen LogP contribution is 2.37. The normalized spacial score (nSPS) is 23.8. The summed E-state index contributed by atoms with van der Waals surface area (Å²) >= 11 is 6.26. The van der Waals surface area contributed by atoms with Crippen molar-refractivity contribution >= 4 is 17.3 Å². The van der Waals surface area contributed by atoms with Crippen molar-refractivity contribution in [2.45, 2.75) is 31.8 Å². The van der Waals surface area contributed by atoms with E-state index in [0.717, 1.165) is 23.7 Å². The van der Waals surface area contributed by atoms with Crippen LogP contribution in [0.4, 0.5) is 5.69 Å². The van der Waals surface area contributed by atoms with Gasteiger partial charge in [0.15, 0.2) is 0 Å². The molecule has 1 aromatic rings. The van der Waals surface area contributed by atoms with Gasteiger partial charge in [0, 0.05) is 18.1 Å². The number of para-hydroxylation sites is 1. The Labute approximate surface area is 103 Å². The first-order valence-corrected chi connectivity index (χ1v) is 6.12. The maximum absolute atomic E-state index is 6.26. The van der Waals surface area contributed by atoms with Gasteiger partial charge in [-0.15, -0.1) is 0 Å². The summed E-state index contributed by atoms with van der Waals surface area (Å²) in [5, 5.41) is 4.19. The minimum atomic E-state index is 0.165. The summed E-state index contributed by atoms with van der Waals surface area (Å²) in [4.78, 5) is 2.40. The first-order valence-electron chi connectivity index (χ1n) is 5.74. The van der Waals surface area contributed by atoms with Crippen molar-refractivity contribution in [3.05, 3.63) is 29.3 Å². The number of anilines is 1. The van der Waals surface area contributed by atoms with Gasteiger partial charge in [-0.1, -0.05) is 23.7 Å². The molecule has 0 bridgehead atoms. The predicted molar refractivity (Wildman–Crippen MR) is 70.3 cm³/mol. The summed E-state index contributed by atoms with van der Waals surface area (Å²) in [6.07, 6.45) is 1.15. The number of halogens is 1. The molecule has 0 radical (unpaired) electrons. The lowest BCUT2D eigenvalue weighted by molar-refractivity contribution is 0.487. The molecular formula is C13H19ClN2. The van der Waals surface area contributed by atoms with Crippen LogP contribution in [0.15, 0.2) is 24.3 Å². The molecule has 1 N–H and O–H groups in total. The molecule has 1 aromatic carbocycles. The van der Waals surface area contributed by atoms with Gasteiger partial charge in [0.1, 0.15) is 0 Å². The Kier molecular flexibility index (Phi) is 3.13. The van der Waals surface area contributed by atoms with Gasteiger partial charge in [-0.05, 0) is 39.4 Å². The van der Waals surface area contributed by atoms with Crippen LogP contribution in [0.2, 0.25) is 5.02 Å². The highest BCUT2D eigenvalue weighted by Gasteiger charge is 2.38. The number of hydrogen-bond acceptors (Lipinski definition) is 2. The smallest absolute Gasteiger partial charge is 0.0639 e. The SMILES string of the molecule is CNC1CN(c2ccccc2Cl)C(C)(C)C1. The first kappa shape index (κ1) is 11.7. The molecule has 1 heterocycles. The van der Waals surface area contributed by atoms with Crippen LogP contribution in [0.5, 0.6) is 0 Å². The summed E-state index contributed by atoms with van der Waals surface area (Å²) < 4.78 is 0. The summed E-state index contributed by atoms with van der Waals surface area (Å²) in [5.41, 5.74) is 1.31. The summed E-state index contributed by atoms with van der Waals surface area (Å²) in [5.74, 6) is 0. The fourth-order valence-electron chi connectivity index (χ4n) is 2.53. The zero-order chi connectivity index (χ0) is 11.8. The molecule has 1 saturated heterocycles. The van der Waals surface area contributed by atoms with Crippen LogP contribution in [0.3, 0.4) is 0 Å². The average Bonchev–Trinajstić information content (AvgIpc) is 2.54. The molecule has 2 nitrogen and oxygen atoms in total. The molecule has 0 aliphatic carbocycles. The summed E-state index contributed by atoms with van der Waals surface area (Å²) in [6.45, 7) is 5.56. The molecule has 1 fully saturated rings. The third kappa shape index (κ3) is 2.04. The van der Waals surface area contributed by atoms with E-state index in [1.54, 1.807) is 0 Å². The second-order valence-electron chi connectivity index (χ2n) is 5.06. The van der Waals surface area contributed by atoms with Crippen molar-refractivity contribution in [3.8, 4) is 0 Å². The van der Waals surface area contributed by atoms with Crippen molar-refractivity contribution in [1.29, 1.82) is 0 Å². The van der Waals surface area contributed by atoms with Crippen LogP contribution in [0, 0.1) is 0 Å². The van der Waals surface area contributed by atoms with Crippen molar-refractivity contribution in [3.63, 3.8) is 0 Å². The molecule has 1 atom stereocenters. The van der Waals surface area contributed by atoms with E-state index in [0.29, 0.717) is 6.04 Å². The molecule has 1 unspecified atom stereocenters. The Morgan fingerprint density at radius 2 is 2.06 bits per heavy atom. The van der Waals surface area contributed by atoms with Crippen LogP contribution in [0.25, 0.3) is 0 Å². The Morgan fingerprint density at radius 3 is 2.62 bits per heavy atom. The third-order valence-electron chi connectivity index (χ3n) is 3.43. The topological polar surface area (TPSA) is 15.3 Å². The quantitative estimate of drug-likeness (QED) is 0.853. The van der Waals surface area contributed by atoms with E-state index in [1.165, 1.54) is 0 Å². The van der Waals surface area contributed by atoms with E-state index in [4.69, 9.17) is 11.6 Å². The lowest BCUT2D eigenvalue weighted by Crippen LogP contribution is -2.38. The van der Waals surface area contributed by atoms with Gasteiger partial charge in [-0.2, -0.15) is 0 Å². The van der Waals surface area contributed by atoms with Crippen LogP contribution in [-0.2, 0) is 0 Å². The predicted octanol–water partition coefficient (Wildman–Crippen LogP) is 2.92. The van der Waals surface area contributed by atoms with Crippen molar-refractivity contribution in [2.75, 3.05) is 18.5 Å². The van der Waals surface area contributed by atoms with E-state index >= 15 is 0 Å². The Morgan fingerprint density at radius 1 is 1.38 bits per heavy atom. The maximum atomic E-state index is 6.26. The number of likely N-dealkylation sites (N-methyl/N-ethyl adjacent to an activating group) is 1. The van der Waals surface area contributed by atoms with Crippen LogP contribution < -0.4 is 10.2 Å². The number of nitrogens with zero attached hydrogens (tertiary/aromatic N) is 1. The standard InChI is InChI=1S/C13H19ClN2/c1-13(2)8-10(15-3)9-16(13)12-7-5-4-6-11(12)14/h4-7,10,15H,8-9H2,1-3H3. The number of nitrogens with one attached hydrogen (secondary N) is 1. The fraction of sp³-hybridized carbons (Fsp3) is 0.538. The lowest BCUT2D eigenvalue weighted by Gasteiger charge is -2.34. The van der Waals surface area contributed by atoms with Crippen molar-refractivity contribution in [2.24, 2.45) is 0 Å². The number of rotatable bonds is 2. The summed E-state index contributed by atoms with van der Waals surface area (Å²) in [6, 6.07) is 8.63. The third-order valence-corrected chi connectivity index (χ3v) is 3.75. The summed E-state index contributed by atoms with van der Waals surface area (Å²) in [7, 11) is 2.02. The number of benzene rings is 1. The molecule has 0 spiro atoms. The van der Waals surface area contributed by atoms with Crippen molar-refractivity contribution in [1.82, 2.24) is 5.32 Å². The Balaban J connectivity index is 2.31. The Bertz CT molecular complexity index is 376. The zero-order valence-corrected chi connectivity index (χ0v) is 10.9. The van der Waals surface area contributed by atoms with Crippen LogP contribution in [-0.4, -0.2) is 25.2 Å². The average molecular weight is 239 g/mol. The van der Waals surface area contributed by atoms with Gasteiger partial charge in [0.25, 0.3) is 0 Å². The van der Waals surface area contributed by atoms with Gasteiger partial charge in [0.2, 0.25) is 0 Å². The molecule has 1 aliphatic rings. The van der Waals surface area contributed by atoms with E-state index in [2.05, 4.69) is 30.1 Å². The van der Waals surface area contributed by atoms with E-state index in [1.807, 2.05) is 25.2 Å². The highest BCUT2D eigenvalue weighted by atomic mass is 35.5. The first-order chi connectivity index (χ1) is 7.54. The molecule has 0 amide bonds. The minimum Gasteiger partial charge on any atom is -0.364 e. The Hall–Kier alpha value is -0.730. The van der Waals surface area contributed by atoms with E-state index < -0.39 is 0 Å². The van der Waals surface area contributed by atoms with Crippen LogP contribution in [0.1, 0.15) is 20.3 Å². The molecular weight excluding hydrogens is 220 g/mol. The lowest BCUT2D eigenvalue weighted by atomic mass is 10.00. The van der Waals surface area contributed by atoms with Crippen molar-refractivity contribution < 1.29 is 0 Å². The largest absolute Gasteiger partial charge is 0.364 e. The van der Waals surface area contributed by atoms with Gasteiger partial charge < -0.3 is 10.2 Å². The van der Waals surface area contributed by atoms with E-state index in [-0.39, 0.29) is 5.54 Å². The second-order valence-corrected chi connectivity index (χ2v) is 5.47. The molecule has 2 rings (SSSR count). The monoisotopic (exact) mass is 238 g/mol. The van der Waals surface area contributed by atoms with Gasteiger partial charge >= 0.3 is 0 Å². The molecule has 1 aliphatic heterocycles. The van der Waals surface area contributed by atoms with E-state index in [9.17, 15) is 0 Å². The molecule has 0 saturated carbocycles. The minimum absolute atomic E-state index is 0.165. The van der Waals surface area contributed by atoms with Crippen LogP contribution >= 0.6 is 11.6 Å². The van der Waals surface area contributed by atoms with Gasteiger partial charge in [0.05, 0.1) is 10.7 Å². The van der Waals surface area contributed by atoms with Gasteiger partial charge in [-0.25, -0.2) is 0 Å². The molecule has 16 heavy (non-hydrogen) atoms. The molecule has 88 valence electrons. The number of hydrogen-bond donors (Lipinski definition) is 1. The molecule has 3 heteroatoms. The highest BCUT2D eigenvalue weighted by molar-refractivity contribution is 6.33. The zero-order valence-electron chi connectivity index (χ0n) is 10.1.